The molecule has 0 aromatic rings. The van der Waals surface area contributed by atoms with Crippen molar-refractivity contribution < 1.29 is 30.6 Å². The van der Waals surface area contributed by atoms with Gasteiger partial charge in [0.05, 0.1) is 29.5 Å². The van der Waals surface area contributed by atoms with Crippen LogP contribution >= 0.6 is 0 Å². The molecule has 4 aliphatic carbocycles. The molecule has 0 saturated heterocycles. The van der Waals surface area contributed by atoms with E-state index in [1.165, 1.54) is 0 Å². The van der Waals surface area contributed by atoms with Gasteiger partial charge >= 0.3 is 0 Å². The van der Waals surface area contributed by atoms with Crippen molar-refractivity contribution in [2.45, 2.75) is 94.9 Å². The molecule has 0 heterocycles. The van der Waals surface area contributed by atoms with Crippen LogP contribution in [0.2, 0.25) is 0 Å². The highest BCUT2D eigenvalue weighted by molar-refractivity contribution is 5.25. The van der Waals surface area contributed by atoms with Gasteiger partial charge in [0.25, 0.3) is 0 Å². The van der Waals surface area contributed by atoms with Gasteiger partial charge in [-0.05, 0) is 51.9 Å². The summed E-state index contributed by atoms with van der Waals surface area (Å²) in [4.78, 5) is 0. The number of aliphatic hydroxyl groups excluding tert-OH is 3. The summed E-state index contributed by atoms with van der Waals surface area (Å²) in [5, 5.41) is 67.1. The highest BCUT2D eigenvalue weighted by Gasteiger charge is 2.76. The van der Waals surface area contributed by atoms with Gasteiger partial charge < -0.3 is 30.6 Å². The molecule has 150 valence electrons. The average Bonchev–Trinajstić information content (AvgIpc) is 2.72. The maximum absolute atomic E-state index is 11.7. The topological polar surface area (TPSA) is 121 Å². The third-order valence-corrected chi connectivity index (χ3v) is 9.26. The zero-order valence-electron chi connectivity index (χ0n) is 16.2. The Balaban J connectivity index is 1.89. The van der Waals surface area contributed by atoms with E-state index in [1.807, 2.05) is 0 Å². The Hall–Kier alpha value is -0.240. The zero-order valence-corrected chi connectivity index (χ0v) is 16.2. The van der Waals surface area contributed by atoms with Crippen molar-refractivity contribution >= 4 is 0 Å². The van der Waals surface area contributed by atoms with Crippen LogP contribution in [0.25, 0.3) is 0 Å². The van der Waals surface area contributed by atoms with Gasteiger partial charge in [0.1, 0.15) is 5.60 Å². The first kappa shape index (κ1) is 19.1. The number of fused-ring (bicyclic) bond motifs is 2. The Bertz CT molecular complexity index is 615. The normalized spacial score (nSPS) is 63.9. The molecule has 10 atom stereocenters. The lowest BCUT2D eigenvalue weighted by Gasteiger charge is -2.51. The van der Waals surface area contributed by atoms with E-state index in [9.17, 15) is 30.6 Å². The zero-order chi connectivity index (χ0) is 19.5. The van der Waals surface area contributed by atoms with E-state index < -0.39 is 51.9 Å². The SMILES string of the molecule is CC1(C)[C@@H](O)C[C@H]2[C@@](C)(O)[C@@H]3CC[C@@H]4[C@@H](O)[C@@]3(C[C@H](O)[C@@]21O)C[C@@]4(C)O. The van der Waals surface area contributed by atoms with E-state index in [1.54, 1.807) is 27.7 Å². The van der Waals surface area contributed by atoms with Crippen LogP contribution in [0.4, 0.5) is 0 Å². The summed E-state index contributed by atoms with van der Waals surface area (Å²) in [5.74, 6) is -1.34. The predicted octanol–water partition coefficient (Wildman–Crippen LogP) is 0.168. The lowest BCUT2D eigenvalue weighted by molar-refractivity contribution is -0.201. The summed E-state index contributed by atoms with van der Waals surface area (Å²) in [6.45, 7) is 6.87. The van der Waals surface area contributed by atoms with Crippen molar-refractivity contribution in [1.29, 1.82) is 0 Å². The third-order valence-electron chi connectivity index (χ3n) is 9.26. The van der Waals surface area contributed by atoms with Gasteiger partial charge in [-0.15, -0.1) is 0 Å². The van der Waals surface area contributed by atoms with Gasteiger partial charge in [0.15, 0.2) is 0 Å². The Morgan fingerprint density at radius 2 is 1.42 bits per heavy atom. The van der Waals surface area contributed by atoms with E-state index >= 15 is 0 Å². The second-order valence-corrected chi connectivity index (χ2v) is 10.7. The van der Waals surface area contributed by atoms with Gasteiger partial charge in [-0.2, -0.15) is 0 Å². The molecule has 26 heavy (non-hydrogen) atoms. The number of hydrogen-bond acceptors (Lipinski definition) is 6. The number of hydrogen-bond donors (Lipinski definition) is 6. The van der Waals surface area contributed by atoms with Crippen LogP contribution in [0.5, 0.6) is 0 Å². The minimum Gasteiger partial charge on any atom is -0.392 e. The largest absolute Gasteiger partial charge is 0.392 e. The minimum absolute atomic E-state index is 0.116. The van der Waals surface area contributed by atoms with Crippen molar-refractivity contribution in [2.75, 3.05) is 0 Å². The van der Waals surface area contributed by atoms with Crippen LogP contribution in [0.3, 0.4) is 0 Å². The molecular formula is C20H34O6. The molecule has 6 nitrogen and oxygen atoms in total. The Morgan fingerprint density at radius 1 is 0.808 bits per heavy atom. The molecule has 0 aliphatic heterocycles. The van der Waals surface area contributed by atoms with E-state index in [2.05, 4.69) is 0 Å². The van der Waals surface area contributed by atoms with Gasteiger partial charge in [-0.3, -0.25) is 0 Å². The fourth-order valence-corrected chi connectivity index (χ4v) is 7.80. The lowest BCUT2D eigenvalue weighted by atomic mass is 9.57. The van der Waals surface area contributed by atoms with Gasteiger partial charge in [0, 0.05) is 22.7 Å². The van der Waals surface area contributed by atoms with Crippen molar-refractivity contribution in [2.24, 2.45) is 28.6 Å². The molecule has 4 saturated carbocycles. The highest BCUT2D eigenvalue weighted by Crippen LogP contribution is 2.69. The molecule has 0 radical (unpaired) electrons. The molecule has 6 heteroatoms. The van der Waals surface area contributed by atoms with Gasteiger partial charge in [-0.25, -0.2) is 0 Å². The molecule has 0 aromatic carbocycles. The number of rotatable bonds is 0. The summed E-state index contributed by atoms with van der Waals surface area (Å²) in [7, 11) is 0. The van der Waals surface area contributed by atoms with Gasteiger partial charge in [0.2, 0.25) is 0 Å². The Labute approximate surface area is 154 Å². The molecular weight excluding hydrogens is 336 g/mol. The maximum Gasteiger partial charge on any atom is 0.104 e. The summed E-state index contributed by atoms with van der Waals surface area (Å²) < 4.78 is 0. The summed E-state index contributed by atoms with van der Waals surface area (Å²) in [6, 6.07) is 0. The van der Waals surface area contributed by atoms with Crippen LogP contribution in [-0.2, 0) is 0 Å². The number of aliphatic hydroxyl groups is 6. The summed E-state index contributed by atoms with van der Waals surface area (Å²) in [6.07, 6.45) is -1.01. The molecule has 4 rings (SSSR count). The van der Waals surface area contributed by atoms with Crippen molar-refractivity contribution in [3.63, 3.8) is 0 Å². The highest BCUT2D eigenvalue weighted by atomic mass is 16.4. The molecule has 4 aliphatic rings. The minimum atomic E-state index is -1.66. The smallest absolute Gasteiger partial charge is 0.104 e. The fourth-order valence-electron chi connectivity index (χ4n) is 7.80. The van der Waals surface area contributed by atoms with E-state index in [0.29, 0.717) is 19.3 Å². The molecule has 6 N–H and O–H groups in total. The average molecular weight is 370 g/mol. The van der Waals surface area contributed by atoms with Crippen LogP contribution in [0, 0.1) is 28.6 Å². The fraction of sp³-hybridized carbons (Fsp3) is 1.00. The van der Waals surface area contributed by atoms with Crippen molar-refractivity contribution in [3.8, 4) is 0 Å². The molecule has 0 aromatic heterocycles. The summed E-state index contributed by atoms with van der Waals surface area (Å²) in [5.41, 5.74) is -5.91. The first-order valence-corrected chi connectivity index (χ1v) is 9.94. The molecule has 2 bridgehead atoms. The predicted molar refractivity (Wildman–Crippen MR) is 94.0 cm³/mol. The standard InChI is InChI=1S/C20H34O6/c1-16(2)13(21)7-12-18(4,25)11-6-5-10-15(23)19(11,9-17(10,3)24)8-14(22)20(12,16)26/h10-15,21-26H,5-9H2,1-4H3/t10-,11+,12+,13+,14+,15-,17-,18+,19+,20+/m1/s1. The monoisotopic (exact) mass is 370 g/mol. The van der Waals surface area contributed by atoms with E-state index in [-0.39, 0.29) is 24.7 Å². The quantitative estimate of drug-likeness (QED) is 0.361. The molecule has 4 fully saturated rings. The van der Waals surface area contributed by atoms with Crippen LogP contribution in [0.15, 0.2) is 0 Å². The van der Waals surface area contributed by atoms with Crippen molar-refractivity contribution in [1.82, 2.24) is 0 Å². The second-order valence-electron chi connectivity index (χ2n) is 10.7. The Morgan fingerprint density at radius 3 is 2.04 bits per heavy atom. The summed E-state index contributed by atoms with van der Waals surface area (Å²) >= 11 is 0. The third kappa shape index (κ3) is 1.89. The Kier molecular flexibility index (Phi) is 3.69. The van der Waals surface area contributed by atoms with Crippen molar-refractivity contribution in [3.05, 3.63) is 0 Å². The van der Waals surface area contributed by atoms with E-state index in [4.69, 9.17) is 0 Å². The first-order valence-electron chi connectivity index (χ1n) is 9.94. The lowest BCUT2D eigenvalue weighted by Crippen LogP contribution is -2.60. The molecule has 0 amide bonds. The molecule has 0 unspecified atom stereocenters. The van der Waals surface area contributed by atoms with Gasteiger partial charge in [-0.1, -0.05) is 13.8 Å². The second kappa shape index (κ2) is 5.02. The van der Waals surface area contributed by atoms with Crippen LogP contribution < -0.4 is 0 Å². The van der Waals surface area contributed by atoms with Crippen LogP contribution in [-0.4, -0.2) is 65.8 Å². The molecule has 1 spiro atoms. The van der Waals surface area contributed by atoms with E-state index in [0.717, 1.165) is 0 Å². The first-order chi connectivity index (χ1) is 11.7. The maximum atomic E-state index is 11.7. The van der Waals surface area contributed by atoms with Crippen LogP contribution in [0.1, 0.15) is 59.8 Å².